The van der Waals surface area contributed by atoms with Crippen LogP contribution in [0.1, 0.15) is 17.4 Å². The molecule has 2 aromatic heterocycles. The van der Waals surface area contributed by atoms with Crippen molar-refractivity contribution in [2.75, 3.05) is 5.32 Å². The van der Waals surface area contributed by atoms with Gasteiger partial charge in [0.15, 0.2) is 5.82 Å². The number of amides is 1. The van der Waals surface area contributed by atoms with E-state index in [0.29, 0.717) is 5.82 Å². The fourth-order valence-electron chi connectivity index (χ4n) is 2.52. The molecule has 2 N–H and O–H groups in total. The van der Waals surface area contributed by atoms with Gasteiger partial charge in [0.25, 0.3) is 5.91 Å². The topological polar surface area (TPSA) is 128 Å². The molecule has 1 amide bonds. The number of rotatable bonds is 7. The van der Waals surface area contributed by atoms with Crippen molar-refractivity contribution in [2.24, 2.45) is 0 Å². The molecule has 0 fully saturated rings. The van der Waals surface area contributed by atoms with Crippen LogP contribution in [0.2, 0.25) is 0 Å². The van der Waals surface area contributed by atoms with Gasteiger partial charge in [-0.1, -0.05) is 12.1 Å². The number of tetrazole rings is 1. The summed E-state index contributed by atoms with van der Waals surface area (Å²) >= 11 is 0. The number of carboxylic acids is 1. The molecule has 0 radical (unpaired) electrons. The van der Waals surface area contributed by atoms with Gasteiger partial charge in [0.05, 0.1) is 0 Å². The summed E-state index contributed by atoms with van der Waals surface area (Å²) in [6.07, 6.45) is 1.68. The molecule has 10 nitrogen and oxygen atoms in total. The van der Waals surface area contributed by atoms with E-state index in [9.17, 15) is 14.0 Å². The number of carbonyl (C=O) groups is 2. The van der Waals surface area contributed by atoms with E-state index < -0.39 is 17.9 Å². The van der Waals surface area contributed by atoms with Crippen LogP contribution >= 0.6 is 0 Å². The van der Waals surface area contributed by atoms with Crippen LogP contribution in [0.4, 0.5) is 10.2 Å². The lowest BCUT2D eigenvalue weighted by Crippen LogP contribution is -2.29. The molecule has 3 aromatic rings. The van der Waals surface area contributed by atoms with E-state index in [2.05, 4.69) is 25.9 Å². The zero-order valence-corrected chi connectivity index (χ0v) is 14.3. The Hall–Kier alpha value is -3.63. The molecule has 0 saturated carbocycles. The first kappa shape index (κ1) is 18.2. The second-order valence-corrected chi connectivity index (χ2v) is 5.80. The predicted molar refractivity (Wildman–Crippen MR) is 90.2 cm³/mol. The summed E-state index contributed by atoms with van der Waals surface area (Å²) in [5.41, 5.74) is 0.725. The number of hydrogen-bond donors (Lipinski definition) is 2. The second-order valence-electron chi connectivity index (χ2n) is 5.80. The maximum Gasteiger partial charge on any atom is 0.325 e. The van der Waals surface area contributed by atoms with Gasteiger partial charge in [-0.15, -0.1) is 5.10 Å². The van der Waals surface area contributed by atoms with Gasteiger partial charge in [0.1, 0.15) is 24.2 Å². The third kappa shape index (κ3) is 4.51. The van der Waals surface area contributed by atoms with Crippen LogP contribution in [0.15, 0.2) is 36.5 Å². The molecular weight excluding hydrogens is 357 g/mol. The van der Waals surface area contributed by atoms with Crippen molar-refractivity contribution in [3.05, 3.63) is 53.7 Å². The summed E-state index contributed by atoms with van der Waals surface area (Å²) in [5.74, 6) is -1.21. The van der Waals surface area contributed by atoms with E-state index in [0.717, 1.165) is 5.56 Å². The summed E-state index contributed by atoms with van der Waals surface area (Å²) in [4.78, 5) is 23.5. The Balaban J connectivity index is 1.80. The summed E-state index contributed by atoms with van der Waals surface area (Å²) in [6.45, 7) is 1.34. The monoisotopic (exact) mass is 373 g/mol. The molecule has 1 atom stereocenters. The molecule has 1 aromatic carbocycles. The van der Waals surface area contributed by atoms with Gasteiger partial charge < -0.3 is 10.4 Å². The lowest BCUT2D eigenvalue weighted by atomic mass is 10.1. The SMILES string of the molecule is Cc1nnnn1C(Cc1ccc(F)cc1)C(=O)Nc1ccn(CC(=O)O)n1. The Bertz CT molecular complexity index is 951. The van der Waals surface area contributed by atoms with Gasteiger partial charge >= 0.3 is 5.97 Å². The molecule has 27 heavy (non-hydrogen) atoms. The average Bonchev–Trinajstić information content (AvgIpc) is 3.22. The molecule has 0 spiro atoms. The Labute approximate surface area is 152 Å². The van der Waals surface area contributed by atoms with Crippen LogP contribution in [-0.2, 0) is 22.6 Å². The van der Waals surface area contributed by atoms with Crippen molar-refractivity contribution in [1.82, 2.24) is 30.0 Å². The number of nitrogens with one attached hydrogen (secondary N) is 1. The number of nitrogens with zero attached hydrogens (tertiary/aromatic N) is 6. The quantitative estimate of drug-likeness (QED) is 0.627. The third-order valence-corrected chi connectivity index (χ3v) is 3.79. The maximum absolute atomic E-state index is 13.1. The number of halogens is 1. The van der Waals surface area contributed by atoms with Crippen molar-refractivity contribution in [2.45, 2.75) is 25.9 Å². The highest BCUT2D eigenvalue weighted by Gasteiger charge is 2.25. The number of anilines is 1. The highest BCUT2D eigenvalue weighted by molar-refractivity contribution is 5.93. The molecule has 1 unspecified atom stereocenters. The van der Waals surface area contributed by atoms with Crippen LogP contribution in [-0.4, -0.2) is 47.0 Å². The normalized spacial score (nSPS) is 11.9. The standard InChI is InChI=1S/C16H16FN7O3/c1-10-19-21-22-24(10)13(8-11-2-4-12(17)5-3-11)16(27)18-14-6-7-23(20-14)9-15(25)26/h2-7,13H,8-9H2,1H3,(H,25,26)(H,18,20,27). The van der Waals surface area contributed by atoms with Crippen molar-refractivity contribution in [3.63, 3.8) is 0 Å². The Morgan fingerprint density at radius 3 is 2.63 bits per heavy atom. The number of benzene rings is 1. The lowest BCUT2D eigenvalue weighted by molar-refractivity contribution is -0.137. The van der Waals surface area contributed by atoms with Crippen LogP contribution < -0.4 is 5.32 Å². The van der Waals surface area contributed by atoms with E-state index in [1.165, 1.54) is 33.8 Å². The van der Waals surface area contributed by atoms with Gasteiger partial charge in [0.2, 0.25) is 0 Å². The van der Waals surface area contributed by atoms with Crippen molar-refractivity contribution in [1.29, 1.82) is 0 Å². The van der Waals surface area contributed by atoms with Gasteiger partial charge in [-0.2, -0.15) is 5.10 Å². The number of aryl methyl sites for hydroxylation is 1. The summed E-state index contributed by atoms with van der Waals surface area (Å²) in [6, 6.07) is 6.47. The van der Waals surface area contributed by atoms with Crippen molar-refractivity contribution in [3.8, 4) is 0 Å². The zero-order chi connectivity index (χ0) is 19.4. The van der Waals surface area contributed by atoms with Crippen LogP contribution in [0.3, 0.4) is 0 Å². The number of carbonyl (C=O) groups excluding carboxylic acids is 1. The average molecular weight is 373 g/mol. The molecule has 0 bridgehead atoms. The molecule has 3 rings (SSSR count). The third-order valence-electron chi connectivity index (χ3n) is 3.79. The van der Waals surface area contributed by atoms with E-state index in [1.54, 1.807) is 19.1 Å². The van der Waals surface area contributed by atoms with Gasteiger partial charge in [-0.3, -0.25) is 14.3 Å². The fourth-order valence-corrected chi connectivity index (χ4v) is 2.52. The Kier molecular flexibility index (Phi) is 5.20. The molecule has 2 heterocycles. The first-order chi connectivity index (χ1) is 12.9. The van der Waals surface area contributed by atoms with Crippen molar-refractivity contribution < 1.29 is 19.1 Å². The number of hydrogen-bond acceptors (Lipinski definition) is 6. The van der Waals surface area contributed by atoms with Crippen LogP contribution in [0.25, 0.3) is 0 Å². The predicted octanol–water partition coefficient (Wildman–Crippen LogP) is 0.824. The van der Waals surface area contributed by atoms with E-state index in [-0.39, 0.29) is 24.6 Å². The van der Waals surface area contributed by atoms with Crippen LogP contribution in [0, 0.1) is 12.7 Å². The maximum atomic E-state index is 13.1. The highest BCUT2D eigenvalue weighted by atomic mass is 19.1. The first-order valence-corrected chi connectivity index (χ1v) is 7.97. The van der Waals surface area contributed by atoms with Gasteiger partial charge in [0, 0.05) is 18.7 Å². The Morgan fingerprint density at radius 1 is 1.26 bits per heavy atom. The van der Waals surface area contributed by atoms with E-state index in [1.807, 2.05) is 0 Å². The van der Waals surface area contributed by atoms with Crippen molar-refractivity contribution >= 4 is 17.7 Å². The number of aliphatic carboxylic acids is 1. The molecule has 0 aliphatic carbocycles. The summed E-state index contributed by atoms with van der Waals surface area (Å²) in [7, 11) is 0. The largest absolute Gasteiger partial charge is 0.480 e. The molecule has 11 heteroatoms. The Morgan fingerprint density at radius 2 is 2.00 bits per heavy atom. The fraction of sp³-hybridized carbons (Fsp3) is 0.250. The van der Waals surface area contributed by atoms with Crippen LogP contribution in [0.5, 0.6) is 0 Å². The zero-order valence-electron chi connectivity index (χ0n) is 14.3. The second kappa shape index (κ2) is 7.72. The highest BCUT2D eigenvalue weighted by Crippen LogP contribution is 2.17. The van der Waals surface area contributed by atoms with E-state index in [4.69, 9.17) is 5.11 Å². The van der Waals surface area contributed by atoms with Gasteiger partial charge in [-0.25, -0.2) is 9.07 Å². The molecular formula is C16H16FN7O3. The number of aromatic nitrogens is 6. The lowest BCUT2D eigenvalue weighted by Gasteiger charge is -2.17. The molecule has 0 aliphatic rings. The minimum absolute atomic E-state index is 0.205. The van der Waals surface area contributed by atoms with E-state index >= 15 is 0 Å². The molecule has 0 aliphatic heterocycles. The number of carboxylic acid groups (broad SMARTS) is 1. The molecule has 0 saturated heterocycles. The molecule has 140 valence electrons. The summed E-state index contributed by atoms with van der Waals surface area (Å²) in [5, 5.41) is 26.6. The van der Waals surface area contributed by atoms with Gasteiger partial charge in [-0.05, 0) is 35.0 Å². The summed E-state index contributed by atoms with van der Waals surface area (Å²) < 4.78 is 15.7. The minimum atomic E-state index is -1.05. The smallest absolute Gasteiger partial charge is 0.325 e. The minimum Gasteiger partial charge on any atom is -0.480 e. The first-order valence-electron chi connectivity index (χ1n) is 7.97.